The van der Waals surface area contributed by atoms with Gasteiger partial charge in [0.1, 0.15) is 5.75 Å². The zero-order valence-corrected chi connectivity index (χ0v) is 18.5. The molecule has 34 heavy (non-hydrogen) atoms. The fourth-order valence-corrected chi connectivity index (χ4v) is 4.22. The maximum Gasteiger partial charge on any atom is 0.387 e. The molecule has 1 aliphatic rings. The lowest BCUT2D eigenvalue weighted by molar-refractivity contribution is -0.0498. The summed E-state index contributed by atoms with van der Waals surface area (Å²) in [5.41, 5.74) is 3.33. The van der Waals surface area contributed by atoms with Crippen LogP contribution in [-0.2, 0) is 0 Å². The SMILES string of the molecule is CN1CCC(n2cc(-c3ccc4[nH]nc(C(=O)Nc5ccc(OC(F)F)cc5)c4c3)cn2)CC1. The van der Waals surface area contributed by atoms with Crippen LogP contribution in [0.2, 0.25) is 0 Å². The van der Waals surface area contributed by atoms with Gasteiger partial charge in [0.05, 0.1) is 17.8 Å². The van der Waals surface area contributed by atoms with Crippen LogP contribution in [0.5, 0.6) is 5.75 Å². The average Bonchev–Trinajstić information content (AvgIpc) is 3.48. The minimum absolute atomic E-state index is 0.0173. The van der Waals surface area contributed by atoms with Crippen molar-refractivity contribution in [2.24, 2.45) is 0 Å². The molecule has 2 aromatic heterocycles. The summed E-state index contributed by atoms with van der Waals surface area (Å²) in [5.74, 6) is -0.392. The fourth-order valence-electron chi connectivity index (χ4n) is 4.22. The van der Waals surface area contributed by atoms with Crippen LogP contribution < -0.4 is 10.1 Å². The molecule has 1 saturated heterocycles. The first-order valence-corrected chi connectivity index (χ1v) is 11.0. The molecule has 0 spiro atoms. The Morgan fingerprint density at radius 3 is 2.65 bits per heavy atom. The lowest BCUT2D eigenvalue weighted by Crippen LogP contribution is -2.31. The minimum atomic E-state index is -2.90. The van der Waals surface area contributed by atoms with Gasteiger partial charge in [-0.25, -0.2) is 0 Å². The number of H-pyrrole nitrogens is 1. The van der Waals surface area contributed by atoms with Gasteiger partial charge in [0, 0.05) is 22.8 Å². The van der Waals surface area contributed by atoms with Crippen molar-refractivity contribution >= 4 is 22.5 Å². The van der Waals surface area contributed by atoms with E-state index >= 15 is 0 Å². The average molecular weight is 466 g/mol. The van der Waals surface area contributed by atoms with Crippen LogP contribution in [0.25, 0.3) is 22.0 Å². The van der Waals surface area contributed by atoms with Crippen molar-refractivity contribution in [2.45, 2.75) is 25.5 Å². The summed E-state index contributed by atoms with van der Waals surface area (Å²) in [4.78, 5) is 15.2. The van der Waals surface area contributed by atoms with Gasteiger partial charge in [-0.05, 0) is 74.9 Å². The molecular formula is C24H24F2N6O2. The molecule has 1 aliphatic heterocycles. The molecule has 0 atom stereocenters. The second-order valence-electron chi connectivity index (χ2n) is 8.43. The second-order valence-corrected chi connectivity index (χ2v) is 8.43. The summed E-state index contributed by atoms with van der Waals surface area (Å²) in [6.07, 6.45) is 6.04. The number of fused-ring (bicyclic) bond motifs is 1. The van der Waals surface area contributed by atoms with E-state index < -0.39 is 12.5 Å². The number of alkyl halides is 2. The third kappa shape index (κ3) is 4.62. The van der Waals surface area contributed by atoms with E-state index in [2.05, 4.69) is 43.5 Å². The Hall–Kier alpha value is -3.79. The number of halogens is 2. The number of piperidine rings is 1. The number of hydrogen-bond acceptors (Lipinski definition) is 5. The quantitative estimate of drug-likeness (QED) is 0.435. The van der Waals surface area contributed by atoms with Gasteiger partial charge in [-0.3, -0.25) is 14.6 Å². The van der Waals surface area contributed by atoms with Gasteiger partial charge in [0.15, 0.2) is 5.69 Å². The van der Waals surface area contributed by atoms with Crippen molar-refractivity contribution in [2.75, 3.05) is 25.5 Å². The van der Waals surface area contributed by atoms with Crippen molar-refractivity contribution in [3.8, 4) is 16.9 Å². The highest BCUT2D eigenvalue weighted by Crippen LogP contribution is 2.28. The molecule has 2 aromatic carbocycles. The highest BCUT2D eigenvalue weighted by Gasteiger charge is 2.20. The fraction of sp³-hybridized carbons (Fsp3) is 0.292. The van der Waals surface area contributed by atoms with Gasteiger partial charge in [0.25, 0.3) is 5.91 Å². The molecule has 2 N–H and O–H groups in total. The zero-order chi connectivity index (χ0) is 23.7. The molecule has 0 unspecified atom stereocenters. The van der Waals surface area contributed by atoms with Crippen LogP contribution in [0.3, 0.4) is 0 Å². The molecule has 0 radical (unpaired) electrons. The predicted octanol–water partition coefficient (Wildman–Crippen LogP) is 4.55. The van der Waals surface area contributed by atoms with Gasteiger partial charge in [-0.1, -0.05) is 6.07 Å². The molecule has 0 bridgehead atoms. The van der Waals surface area contributed by atoms with Crippen LogP contribution in [0.15, 0.2) is 54.9 Å². The Kier molecular flexibility index (Phi) is 5.97. The number of likely N-dealkylation sites (tertiary alicyclic amines) is 1. The van der Waals surface area contributed by atoms with E-state index in [9.17, 15) is 13.6 Å². The third-order valence-electron chi connectivity index (χ3n) is 6.11. The zero-order valence-electron chi connectivity index (χ0n) is 18.5. The third-order valence-corrected chi connectivity index (χ3v) is 6.11. The standard InChI is InChI=1S/C24H24F2N6O2/c1-31-10-8-18(9-11-31)32-14-16(13-27-32)15-2-7-21-20(12-15)22(30-29-21)23(33)28-17-3-5-19(6-4-17)34-24(25)26/h2-7,12-14,18,24H,8-11H2,1H3,(H,28,33)(H,29,30). The predicted molar refractivity (Wildman–Crippen MR) is 124 cm³/mol. The van der Waals surface area contributed by atoms with E-state index in [0.717, 1.165) is 42.6 Å². The molecule has 4 aromatic rings. The van der Waals surface area contributed by atoms with Crippen LogP contribution in [0, 0.1) is 0 Å². The van der Waals surface area contributed by atoms with Gasteiger partial charge < -0.3 is 15.0 Å². The number of carbonyl (C=O) groups is 1. The Labute approximate surface area is 194 Å². The summed E-state index contributed by atoms with van der Waals surface area (Å²) < 4.78 is 31.0. The molecule has 8 nitrogen and oxygen atoms in total. The first-order chi connectivity index (χ1) is 16.5. The summed E-state index contributed by atoms with van der Waals surface area (Å²) in [5, 5.41) is 15.1. The van der Waals surface area contributed by atoms with E-state index in [1.165, 1.54) is 24.3 Å². The maximum absolute atomic E-state index is 12.9. The second kappa shape index (κ2) is 9.22. The molecule has 5 rings (SSSR count). The van der Waals surface area contributed by atoms with Gasteiger partial charge >= 0.3 is 6.61 Å². The number of aromatic amines is 1. The Balaban J connectivity index is 1.34. The Morgan fingerprint density at radius 1 is 1.15 bits per heavy atom. The molecule has 176 valence electrons. The minimum Gasteiger partial charge on any atom is -0.435 e. The molecule has 0 aliphatic carbocycles. The topological polar surface area (TPSA) is 88.1 Å². The lowest BCUT2D eigenvalue weighted by atomic mass is 10.0. The summed E-state index contributed by atoms with van der Waals surface area (Å²) in [6, 6.07) is 11.9. The van der Waals surface area contributed by atoms with E-state index in [0.29, 0.717) is 17.1 Å². The summed E-state index contributed by atoms with van der Waals surface area (Å²) >= 11 is 0. The van der Waals surface area contributed by atoms with Gasteiger partial charge in [-0.2, -0.15) is 19.0 Å². The van der Waals surface area contributed by atoms with Crippen molar-refractivity contribution in [3.63, 3.8) is 0 Å². The van der Waals surface area contributed by atoms with Crippen molar-refractivity contribution in [3.05, 3.63) is 60.6 Å². The van der Waals surface area contributed by atoms with Crippen LogP contribution in [0.1, 0.15) is 29.4 Å². The smallest absolute Gasteiger partial charge is 0.387 e. The number of rotatable bonds is 6. The first-order valence-electron chi connectivity index (χ1n) is 11.0. The van der Waals surface area contributed by atoms with Gasteiger partial charge in [0.2, 0.25) is 0 Å². The molecule has 10 heteroatoms. The summed E-state index contributed by atoms with van der Waals surface area (Å²) in [6.45, 7) is -0.788. The number of nitrogens with one attached hydrogen (secondary N) is 2. The Bertz CT molecular complexity index is 1290. The van der Waals surface area contributed by atoms with Crippen LogP contribution in [0.4, 0.5) is 14.5 Å². The molecule has 1 amide bonds. The first kappa shape index (κ1) is 22.0. The molecule has 1 fully saturated rings. The number of carbonyl (C=O) groups excluding carboxylic acids is 1. The molecule has 3 heterocycles. The van der Waals surface area contributed by atoms with Crippen LogP contribution in [-0.4, -0.2) is 57.5 Å². The van der Waals surface area contributed by atoms with Crippen molar-refractivity contribution in [1.82, 2.24) is 24.9 Å². The molecular weight excluding hydrogens is 442 g/mol. The number of amides is 1. The molecule has 0 saturated carbocycles. The highest BCUT2D eigenvalue weighted by atomic mass is 19.3. The van der Waals surface area contributed by atoms with E-state index in [-0.39, 0.29) is 11.4 Å². The largest absolute Gasteiger partial charge is 0.435 e. The number of benzene rings is 2. The number of anilines is 1. The monoisotopic (exact) mass is 466 g/mol. The number of ether oxygens (including phenoxy) is 1. The summed E-state index contributed by atoms with van der Waals surface area (Å²) in [7, 11) is 2.13. The maximum atomic E-state index is 12.9. The number of nitrogens with zero attached hydrogens (tertiary/aromatic N) is 4. The van der Waals surface area contributed by atoms with Crippen molar-refractivity contribution < 1.29 is 18.3 Å². The van der Waals surface area contributed by atoms with E-state index in [4.69, 9.17) is 0 Å². The lowest BCUT2D eigenvalue weighted by Gasteiger charge is -2.28. The number of hydrogen-bond donors (Lipinski definition) is 2. The normalized spacial score (nSPS) is 15.2. The highest BCUT2D eigenvalue weighted by molar-refractivity contribution is 6.11. The van der Waals surface area contributed by atoms with E-state index in [1.807, 2.05) is 29.1 Å². The number of aromatic nitrogens is 4. The van der Waals surface area contributed by atoms with Crippen molar-refractivity contribution in [1.29, 1.82) is 0 Å². The van der Waals surface area contributed by atoms with Gasteiger partial charge in [-0.15, -0.1) is 0 Å². The Morgan fingerprint density at radius 2 is 1.91 bits per heavy atom. The van der Waals surface area contributed by atoms with E-state index in [1.54, 1.807) is 0 Å². The van der Waals surface area contributed by atoms with Crippen LogP contribution >= 0.6 is 0 Å².